The van der Waals surface area contributed by atoms with Crippen molar-refractivity contribution in [2.24, 2.45) is 0 Å². The van der Waals surface area contributed by atoms with Gasteiger partial charge in [-0.15, -0.1) is 0 Å². The third kappa shape index (κ3) is 4.10. The number of benzene rings is 2. The maximum atomic E-state index is 12.0. The van der Waals surface area contributed by atoms with Gasteiger partial charge in [-0.05, 0) is 55.3 Å². The van der Waals surface area contributed by atoms with Crippen LogP contribution in [0.5, 0.6) is 0 Å². The van der Waals surface area contributed by atoms with Crippen LogP contribution in [0.15, 0.2) is 42.5 Å². The van der Waals surface area contributed by atoms with Gasteiger partial charge in [-0.3, -0.25) is 4.79 Å². The minimum Gasteiger partial charge on any atom is -0.385 e. The monoisotopic (exact) mass is 293 g/mol. The topological polar surface area (TPSA) is 64.9 Å². The van der Waals surface area contributed by atoms with E-state index in [9.17, 15) is 4.79 Å². The molecule has 0 atom stereocenters. The zero-order valence-corrected chi connectivity index (χ0v) is 12.8. The van der Waals surface area contributed by atoms with E-state index in [0.29, 0.717) is 18.5 Å². The molecule has 112 valence electrons. The van der Waals surface area contributed by atoms with E-state index in [1.54, 1.807) is 12.1 Å². The highest BCUT2D eigenvalue weighted by Gasteiger charge is 2.05. The van der Waals surface area contributed by atoms with Crippen LogP contribution < -0.4 is 10.6 Å². The van der Waals surface area contributed by atoms with Crippen LogP contribution >= 0.6 is 0 Å². The number of carbonyl (C=O) groups is 1. The first-order valence-corrected chi connectivity index (χ1v) is 7.20. The molecule has 0 aromatic heterocycles. The van der Waals surface area contributed by atoms with Crippen molar-refractivity contribution in [2.45, 2.75) is 20.3 Å². The lowest BCUT2D eigenvalue weighted by Gasteiger charge is -2.11. The number of aryl methyl sites for hydroxylation is 1. The number of carbonyl (C=O) groups excluding carboxylic acids is 1. The largest absolute Gasteiger partial charge is 0.385 e. The maximum Gasteiger partial charge on any atom is 0.226 e. The standard InChI is InChI=1S/C18H19N3O/c1-13-4-3-5-17(14(13)2)21-18(22)10-11-20-16-8-6-15(12-19)7-9-16/h3-9,20H,10-11H2,1-2H3,(H,21,22). The second-order valence-electron chi connectivity index (χ2n) is 5.16. The Hall–Kier alpha value is -2.80. The quantitative estimate of drug-likeness (QED) is 0.885. The number of amides is 1. The molecule has 0 heterocycles. The molecule has 22 heavy (non-hydrogen) atoms. The Morgan fingerprint density at radius 1 is 1.14 bits per heavy atom. The summed E-state index contributed by atoms with van der Waals surface area (Å²) in [5, 5.41) is 14.8. The summed E-state index contributed by atoms with van der Waals surface area (Å²) in [6.07, 6.45) is 0.382. The number of hydrogen-bond donors (Lipinski definition) is 2. The molecule has 2 aromatic rings. The third-order valence-corrected chi connectivity index (χ3v) is 3.57. The molecule has 0 aliphatic carbocycles. The van der Waals surface area contributed by atoms with Gasteiger partial charge in [0.1, 0.15) is 0 Å². The highest BCUT2D eigenvalue weighted by molar-refractivity contribution is 5.91. The molecule has 0 fully saturated rings. The Labute approximate surface area is 130 Å². The van der Waals surface area contributed by atoms with Crippen LogP contribution in [0.4, 0.5) is 11.4 Å². The first kappa shape index (κ1) is 15.6. The molecule has 0 saturated heterocycles. The molecular weight excluding hydrogens is 274 g/mol. The third-order valence-electron chi connectivity index (χ3n) is 3.57. The number of rotatable bonds is 5. The highest BCUT2D eigenvalue weighted by atomic mass is 16.1. The van der Waals surface area contributed by atoms with Crippen molar-refractivity contribution in [1.82, 2.24) is 0 Å². The van der Waals surface area contributed by atoms with E-state index in [1.807, 2.05) is 44.2 Å². The van der Waals surface area contributed by atoms with Crippen molar-refractivity contribution in [3.05, 3.63) is 59.2 Å². The van der Waals surface area contributed by atoms with Crippen LogP contribution in [0.2, 0.25) is 0 Å². The number of hydrogen-bond acceptors (Lipinski definition) is 3. The summed E-state index contributed by atoms with van der Waals surface area (Å²) < 4.78 is 0. The fraction of sp³-hybridized carbons (Fsp3) is 0.222. The van der Waals surface area contributed by atoms with Gasteiger partial charge >= 0.3 is 0 Å². The Morgan fingerprint density at radius 3 is 2.55 bits per heavy atom. The Bertz CT molecular complexity index is 699. The van der Waals surface area contributed by atoms with E-state index in [2.05, 4.69) is 16.7 Å². The van der Waals surface area contributed by atoms with E-state index in [1.165, 1.54) is 0 Å². The lowest BCUT2D eigenvalue weighted by Crippen LogP contribution is -2.17. The molecule has 0 spiro atoms. The van der Waals surface area contributed by atoms with Crippen LogP contribution in [0.1, 0.15) is 23.1 Å². The van der Waals surface area contributed by atoms with Crippen LogP contribution in [0.25, 0.3) is 0 Å². The zero-order chi connectivity index (χ0) is 15.9. The molecule has 2 N–H and O–H groups in total. The predicted molar refractivity (Wildman–Crippen MR) is 88.8 cm³/mol. The minimum atomic E-state index is -0.0187. The number of nitrogens with zero attached hydrogens (tertiary/aromatic N) is 1. The lowest BCUT2D eigenvalue weighted by atomic mass is 10.1. The fourth-order valence-electron chi connectivity index (χ4n) is 2.08. The van der Waals surface area contributed by atoms with Gasteiger partial charge in [-0.2, -0.15) is 5.26 Å². The van der Waals surface area contributed by atoms with E-state index < -0.39 is 0 Å². The molecule has 0 aliphatic heterocycles. The summed E-state index contributed by atoms with van der Waals surface area (Å²) in [5.74, 6) is -0.0187. The fourth-order valence-corrected chi connectivity index (χ4v) is 2.08. The first-order chi connectivity index (χ1) is 10.6. The first-order valence-electron chi connectivity index (χ1n) is 7.20. The Balaban J connectivity index is 1.82. The normalized spacial score (nSPS) is 9.86. The van der Waals surface area contributed by atoms with Gasteiger partial charge in [0.15, 0.2) is 0 Å². The van der Waals surface area contributed by atoms with Gasteiger partial charge in [0, 0.05) is 24.3 Å². The highest BCUT2D eigenvalue weighted by Crippen LogP contribution is 2.18. The Kier molecular flexibility index (Phi) is 5.16. The van der Waals surface area contributed by atoms with Crippen LogP contribution in [0, 0.1) is 25.2 Å². The van der Waals surface area contributed by atoms with E-state index >= 15 is 0 Å². The van der Waals surface area contributed by atoms with Crippen molar-refractivity contribution < 1.29 is 4.79 Å². The van der Waals surface area contributed by atoms with Crippen molar-refractivity contribution in [3.63, 3.8) is 0 Å². The molecule has 0 aliphatic rings. The van der Waals surface area contributed by atoms with Gasteiger partial charge in [0.25, 0.3) is 0 Å². The minimum absolute atomic E-state index is 0.0187. The van der Waals surface area contributed by atoms with Crippen LogP contribution in [-0.4, -0.2) is 12.5 Å². The van der Waals surface area contributed by atoms with E-state index in [4.69, 9.17) is 5.26 Å². The summed E-state index contributed by atoms with van der Waals surface area (Å²) in [5.41, 5.74) is 4.64. The lowest BCUT2D eigenvalue weighted by molar-refractivity contribution is -0.115. The second-order valence-corrected chi connectivity index (χ2v) is 5.16. The summed E-state index contributed by atoms with van der Waals surface area (Å²) in [4.78, 5) is 12.0. The molecule has 4 heteroatoms. The van der Waals surface area contributed by atoms with Crippen LogP contribution in [0.3, 0.4) is 0 Å². The molecule has 0 bridgehead atoms. The van der Waals surface area contributed by atoms with Gasteiger partial charge in [-0.25, -0.2) is 0 Å². The van der Waals surface area contributed by atoms with E-state index in [-0.39, 0.29) is 5.91 Å². The maximum absolute atomic E-state index is 12.0. The van der Waals surface area contributed by atoms with Crippen LogP contribution in [-0.2, 0) is 4.79 Å². The molecule has 2 rings (SSSR count). The van der Waals surface area contributed by atoms with Crippen molar-refractivity contribution in [3.8, 4) is 6.07 Å². The SMILES string of the molecule is Cc1cccc(NC(=O)CCNc2ccc(C#N)cc2)c1C. The number of nitriles is 1. The molecule has 0 saturated carbocycles. The van der Waals surface area contributed by atoms with Crippen molar-refractivity contribution >= 4 is 17.3 Å². The average molecular weight is 293 g/mol. The summed E-state index contributed by atoms with van der Waals surface area (Å²) in [6, 6.07) is 15.1. The summed E-state index contributed by atoms with van der Waals surface area (Å²) in [7, 11) is 0. The predicted octanol–water partition coefficient (Wildman–Crippen LogP) is 3.62. The van der Waals surface area contributed by atoms with Gasteiger partial charge in [0.2, 0.25) is 5.91 Å². The number of anilines is 2. The second kappa shape index (κ2) is 7.28. The zero-order valence-electron chi connectivity index (χ0n) is 12.8. The average Bonchev–Trinajstić information content (AvgIpc) is 2.52. The molecular formula is C18H19N3O. The molecule has 4 nitrogen and oxygen atoms in total. The molecule has 0 unspecified atom stereocenters. The van der Waals surface area contributed by atoms with Gasteiger partial charge in [-0.1, -0.05) is 12.1 Å². The Morgan fingerprint density at radius 2 is 1.86 bits per heavy atom. The smallest absolute Gasteiger partial charge is 0.226 e. The van der Waals surface area contributed by atoms with Crippen molar-refractivity contribution in [2.75, 3.05) is 17.2 Å². The van der Waals surface area contributed by atoms with Gasteiger partial charge in [0.05, 0.1) is 11.6 Å². The summed E-state index contributed by atoms with van der Waals surface area (Å²) in [6.45, 7) is 4.57. The van der Waals surface area contributed by atoms with Crippen molar-refractivity contribution in [1.29, 1.82) is 5.26 Å². The molecule has 0 radical (unpaired) electrons. The molecule has 1 amide bonds. The molecule has 2 aromatic carbocycles. The number of nitrogens with one attached hydrogen (secondary N) is 2. The van der Waals surface area contributed by atoms with E-state index in [0.717, 1.165) is 22.5 Å². The van der Waals surface area contributed by atoms with Gasteiger partial charge < -0.3 is 10.6 Å². The summed E-state index contributed by atoms with van der Waals surface area (Å²) >= 11 is 0.